The lowest BCUT2D eigenvalue weighted by Crippen LogP contribution is -2.49. The Kier molecular flexibility index (Phi) is 5.71. The largest absolute Gasteiger partial charge is 0.387 e. The maximum Gasteiger partial charge on any atom is 0.252 e. The molecule has 116 valence electrons. The van der Waals surface area contributed by atoms with Gasteiger partial charge in [-0.15, -0.1) is 0 Å². The Morgan fingerprint density at radius 3 is 2.55 bits per heavy atom. The van der Waals surface area contributed by atoms with Gasteiger partial charge in [0.15, 0.2) is 5.82 Å². The highest BCUT2D eigenvalue weighted by Gasteiger charge is 2.51. The first-order valence-corrected chi connectivity index (χ1v) is 7.64. The first-order chi connectivity index (χ1) is 9.43. The zero-order chi connectivity index (χ0) is 15.4. The van der Waals surface area contributed by atoms with Gasteiger partial charge in [0.25, 0.3) is 5.89 Å². The summed E-state index contributed by atoms with van der Waals surface area (Å²) < 4.78 is 4.94. The molecule has 1 unspecified atom stereocenters. The molecule has 0 spiro atoms. The van der Waals surface area contributed by atoms with Crippen molar-refractivity contribution in [2.24, 2.45) is 17.1 Å². The van der Waals surface area contributed by atoms with Crippen LogP contribution in [0.3, 0.4) is 0 Å². The molecule has 0 saturated heterocycles. The van der Waals surface area contributed by atoms with E-state index in [0.29, 0.717) is 11.7 Å². The van der Waals surface area contributed by atoms with Gasteiger partial charge in [-0.2, -0.15) is 4.98 Å². The summed E-state index contributed by atoms with van der Waals surface area (Å²) in [4.78, 5) is 4.17. The van der Waals surface area contributed by atoms with Gasteiger partial charge in [-0.05, 0) is 37.5 Å². The molecule has 1 aromatic heterocycles. The standard InChI is InChI=1S/C13H23N3O2.C2H6/c1-4-12(2)9(5-6-13(12,3)14)7-10-15-11(8-17)18-16-10;1-2/h9,17H,4-8,14H2,1-3H3;1-2H3/t9-,12?,13-;/m0./s1. The van der Waals surface area contributed by atoms with Crippen molar-refractivity contribution in [3.05, 3.63) is 11.7 Å². The van der Waals surface area contributed by atoms with E-state index in [1.54, 1.807) is 0 Å². The number of hydrogen-bond acceptors (Lipinski definition) is 5. The highest BCUT2D eigenvalue weighted by atomic mass is 16.5. The minimum absolute atomic E-state index is 0.104. The second-order valence-corrected chi connectivity index (χ2v) is 5.89. The first kappa shape index (κ1) is 17.1. The maximum absolute atomic E-state index is 8.93. The molecule has 1 saturated carbocycles. The molecule has 1 aromatic rings. The fourth-order valence-electron chi connectivity index (χ4n) is 3.22. The average molecular weight is 283 g/mol. The van der Waals surface area contributed by atoms with E-state index in [-0.39, 0.29) is 23.5 Å². The number of nitrogens with two attached hydrogens (primary N) is 1. The van der Waals surface area contributed by atoms with Crippen LogP contribution in [-0.2, 0) is 13.0 Å². The van der Waals surface area contributed by atoms with E-state index in [2.05, 4.69) is 30.9 Å². The summed E-state index contributed by atoms with van der Waals surface area (Å²) in [5.74, 6) is 1.44. The molecule has 0 bridgehead atoms. The van der Waals surface area contributed by atoms with Crippen LogP contribution in [0.15, 0.2) is 4.52 Å². The van der Waals surface area contributed by atoms with Crippen molar-refractivity contribution in [1.82, 2.24) is 10.1 Å². The topological polar surface area (TPSA) is 85.2 Å². The molecule has 1 fully saturated rings. The molecule has 3 atom stereocenters. The molecule has 3 N–H and O–H groups in total. The van der Waals surface area contributed by atoms with E-state index in [1.165, 1.54) is 0 Å². The van der Waals surface area contributed by atoms with Crippen molar-refractivity contribution in [3.8, 4) is 0 Å². The van der Waals surface area contributed by atoms with Crippen molar-refractivity contribution in [3.63, 3.8) is 0 Å². The molecular weight excluding hydrogens is 254 g/mol. The Morgan fingerprint density at radius 1 is 1.40 bits per heavy atom. The van der Waals surface area contributed by atoms with Crippen molar-refractivity contribution >= 4 is 0 Å². The van der Waals surface area contributed by atoms with Crippen molar-refractivity contribution in [1.29, 1.82) is 0 Å². The summed E-state index contributed by atoms with van der Waals surface area (Å²) in [5, 5.41) is 12.8. The highest BCUT2D eigenvalue weighted by molar-refractivity contribution is 5.08. The van der Waals surface area contributed by atoms with Gasteiger partial charge in [-0.25, -0.2) is 0 Å². The minimum Gasteiger partial charge on any atom is -0.387 e. The van der Waals surface area contributed by atoms with Gasteiger partial charge in [0.05, 0.1) is 0 Å². The van der Waals surface area contributed by atoms with E-state index in [0.717, 1.165) is 25.7 Å². The van der Waals surface area contributed by atoms with E-state index in [4.69, 9.17) is 15.4 Å². The summed E-state index contributed by atoms with van der Waals surface area (Å²) in [6, 6.07) is 0. The van der Waals surface area contributed by atoms with E-state index >= 15 is 0 Å². The van der Waals surface area contributed by atoms with Crippen LogP contribution in [-0.4, -0.2) is 20.8 Å². The van der Waals surface area contributed by atoms with Crippen LogP contribution >= 0.6 is 0 Å². The van der Waals surface area contributed by atoms with Gasteiger partial charge < -0.3 is 15.4 Å². The quantitative estimate of drug-likeness (QED) is 0.887. The van der Waals surface area contributed by atoms with Gasteiger partial charge in [0, 0.05) is 12.0 Å². The molecule has 0 radical (unpaired) electrons. The summed E-state index contributed by atoms with van der Waals surface area (Å²) >= 11 is 0. The summed E-state index contributed by atoms with van der Waals surface area (Å²) in [7, 11) is 0. The number of aromatic nitrogens is 2. The van der Waals surface area contributed by atoms with Crippen molar-refractivity contribution in [2.45, 2.75) is 72.4 Å². The predicted molar refractivity (Wildman–Crippen MR) is 79.0 cm³/mol. The number of hydrogen-bond donors (Lipinski definition) is 2. The zero-order valence-electron chi connectivity index (χ0n) is 13.4. The Hall–Kier alpha value is -0.940. The van der Waals surface area contributed by atoms with Crippen LogP contribution in [0.25, 0.3) is 0 Å². The number of aliphatic hydroxyl groups excluding tert-OH is 1. The van der Waals surface area contributed by atoms with Crippen molar-refractivity contribution in [2.75, 3.05) is 0 Å². The van der Waals surface area contributed by atoms with Gasteiger partial charge in [0.1, 0.15) is 6.61 Å². The molecule has 2 rings (SSSR count). The Bertz CT molecular complexity index is 417. The smallest absolute Gasteiger partial charge is 0.252 e. The lowest BCUT2D eigenvalue weighted by molar-refractivity contribution is 0.129. The summed E-state index contributed by atoms with van der Waals surface area (Å²) in [6.45, 7) is 10.4. The van der Waals surface area contributed by atoms with E-state index in [9.17, 15) is 0 Å². The molecule has 0 amide bonds. The Morgan fingerprint density at radius 2 is 2.05 bits per heavy atom. The fraction of sp³-hybridized carbons (Fsp3) is 0.867. The van der Waals surface area contributed by atoms with Crippen LogP contribution in [0.4, 0.5) is 0 Å². The lowest BCUT2D eigenvalue weighted by Gasteiger charge is -2.41. The maximum atomic E-state index is 8.93. The van der Waals surface area contributed by atoms with Gasteiger partial charge in [-0.3, -0.25) is 0 Å². The van der Waals surface area contributed by atoms with Crippen LogP contribution in [0, 0.1) is 11.3 Å². The van der Waals surface area contributed by atoms with E-state index in [1.807, 2.05) is 13.8 Å². The van der Waals surface area contributed by atoms with Crippen LogP contribution in [0.5, 0.6) is 0 Å². The molecule has 1 heterocycles. The monoisotopic (exact) mass is 283 g/mol. The molecule has 0 aromatic carbocycles. The number of rotatable bonds is 4. The normalized spacial score (nSPS) is 32.9. The van der Waals surface area contributed by atoms with E-state index < -0.39 is 0 Å². The first-order valence-electron chi connectivity index (χ1n) is 7.64. The highest BCUT2D eigenvalue weighted by Crippen LogP contribution is 2.52. The Labute approximate surface area is 121 Å². The number of aliphatic hydroxyl groups is 1. The average Bonchev–Trinajstić information content (AvgIpc) is 2.99. The fourth-order valence-corrected chi connectivity index (χ4v) is 3.22. The SMILES string of the molecule is CC.CCC1(C)[C@H](Cc2noc(CO)n2)CC[C@]1(C)N. The van der Waals surface area contributed by atoms with Crippen LogP contribution in [0.2, 0.25) is 0 Å². The van der Waals surface area contributed by atoms with Crippen LogP contribution in [0.1, 0.15) is 65.6 Å². The summed E-state index contributed by atoms with van der Waals surface area (Å²) in [6.07, 6.45) is 3.96. The summed E-state index contributed by atoms with van der Waals surface area (Å²) in [5.41, 5.74) is 6.41. The second-order valence-electron chi connectivity index (χ2n) is 5.89. The molecule has 1 aliphatic rings. The van der Waals surface area contributed by atoms with Gasteiger partial charge in [-0.1, -0.05) is 32.9 Å². The number of nitrogens with zero attached hydrogens (tertiary/aromatic N) is 2. The molecule has 5 heteroatoms. The predicted octanol–water partition coefficient (Wildman–Crippen LogP) is 2.67. The van der Waals surface area contributed by atoms with Gasteiger partial charge >= 0.3 is 0 Å². The van der Waals surface area contributed by atoms with Gasteiger partial charge in [0.2, 0.25) is 0 Å². The second kappa shape index (κ2) is 6.68. The third kappa shape index (κ3) is 3.04. The third-order valence-corrected chi connectivity index (χ3v) is 5.03. The minimum atomic E-state index is -0.197. The van der Waals surface area contributed by atoms with Crippen molar-refractivity contribution < 1.29 is 9.63 Å². The zero-order valence-corrected chi connectivity index (χ0v) is 13.4. The molecule has 5 nitrogen and oxygen atoms in total. The molecule has 0 aliphatic heterocycles. The molecule has 20 heavy (non-hydrogen) atoms. The van der Waals surface area contributed by atoms with Crippen LogP contribution < -0.4 is 5.73 Å². The third-order valence-electron chi connectivity index (χ3n) is 5.03. The lowest BCUT2D eigenvalue weighted by atomic mass is 9.67. The molecule has 1 aliphatic carbocycles. The molecular formula is C15H29N3O2. The Balaban J connectivity index is 0.000000956.